The van der Waals surface area contributed by atoms with Gasteiger partial charge in [0.2, 0.25) is 5.91 Å². The average Bonchev–Trinajstić information content (AvgIpc) is 3.10. The number of carbonyl (C=O) groups is 1. The first kappa shape index (κ1) is 11.4. The van der Waals surface area contributed by atoms with Crippen molar-refractivity contribution in [1.29, 1.82) is 5.26 Å². The summed E-state index contributed by atoms with van der Waals surface area (Å²) >= 11 is 0. The van der Waals surface area contributed by atoms with E-state index < -0.39 is 0 Å². The number of carbonyl (C=O) groups excluding carboxylic acids is 1. The summed E-state index contributed by atoms with van der Waals surface area (Å²) in [4.78, 5) is 12.2. The van der Waals surface area contributed by atoms with Gasteiger partial charge in [0, 0.05) is 5.41 Å². The summed E-state index contributed by atoms with van der Waals surface area (Å²) in [7, 11) is 0. The molecule has 3 heteroatoms. The van der Waals surface area contributed by atoms with Crippen molar-refractivity contribution in [2.24, 2.45) is 11.3 Å². The van der Waals surface area contributed by atoms with Gasteiger partial charge in [-0.1, -0.05) is 26.2 Å². The zero-order valence-electron chi connectivity index (χ0n) is 9.96. The van der Waals surface area contributed by atoms with Gasteiger partial charge in [0.05, 0.1) is 6.07 Å². The molecule has 0 heterocycles. The molecular weight excluding hydrogens is 200 g/mol. The lowest BCUT2D eigenvalue weighted by Gasteiger charge is -2.32. The molecule has 88 valence electrons. The summed E-state index contributed by atoms with van der Waals surface area (Å²) in [6.45, 7) is 2.04. The molecule has 2 saturated carbocycles. The highest BCUT2D eigenvalue weighted by Crippen LogP contribution is 2.37. The molecule has 16 heavy (non-hydrogen) atoms. The van der Waals surface area contributed by atoms with E-state index in [4.69, 9.17) is 5.26 Å². The average molecular weight is 220 g/mol. The Morgan fingerprint density at radius 2 is 2.00 bits per heavy atom. The van der Waals surface area contributed by atoms with Gasteiger partial charge in [0.1, 0.15) is 6.04 Å². The molecule has 1 unspecified atom stereocenters. The topological polar surface area (TPSA) is 52.9 Å². The number of amides is 1. The fourth-order valence-electron chi connectivity index (χ4n) is 2.56. The van der Waals surface area contributed by atoms with Crippen molar-refractivity contribution < 1.29 is 4.79 Å². The van der Waals surface area contributed by atoms with Crippen LogP contribution in [-0.4, -0.2) is 11.9 Å². The van der Waals surface area contributed by atoms with Crippen molar-refractivity contribution in [1.82, 2.24) is 5.32 Å². The first-order chi connectivity index (χ1) is 7.65. The second kappa shape index (κ2) is 4.45. The van der Waals surface area contributed by atoms with Gasteiger partial charge in [-0.25, -0.2) is 0 Å². The Morgan fingerprint density at radius 3 is 2.50 bits per heavy atom. The van der Waals surface area contributed by atoms with E-state index in [9.17, 15) is 4.79 Å². The van der Waals surface area contributed by atoms with Crippen molar-refractivity contribution in [3.8, 4) is 6.07 Å². The van der Waals surface area contributed by atoms with E-state index in [2.05, 4.69) is 11.4 Å². The van der Waals surface area contributed by atoms with Gasteiger partial charge < -0.3 is 5.32 Å². The van der Waals surface area contributed by atoms with E-state index in [1.54, 1.807) is 0 Å². The van der Waals surface area contributed by atoms with Crippen molar-refractivity contribution in [3.63, 3.8) is 0 Å². The van der Waals surface area contributed by atoms with Gasteiger partial charge in [-0.3, -0.25) is 4.79 Å². The highest BCUT2D eigenvalue weighted by molar-refractivity contribution is 5.82. The molecule has 1 amide bonds. The quantitative estimate of drug-likeness (QED) is 0.794. The molecule has 1 N–H and O–H groups in total. The number of nitrogens with one attached hydrogen (secondary N) is 1. The van der Waals surface area contributed by atoms with E-state index in [0.717, 1.165) is 38.5 Å². The molecule has 2 aliphatic carbocycles. The zero-order valence-corrected chi connectivity index (χ0v) is 9.96. The maximum absolute atomic E-state index is 12.2. The first-order valence-electron chi connectivity index (χ1n) is 6.36. The Bertz CT molecular complexity index is 308. The van der Waals surface area contributed by atoms with E-state index in [1.807, 2.05) is 6.92 Å². The molecule has 2 aliphatic rings. The molecule has 1 atom stereocenters. The molecule has 0 saturated heterocycles. The van der Waals surface area contributed by atoms with Gasteiger partial charge >= 0.3 is 0 Å². The normalized spacial score (nSPS) is 25.5. The Labute approximate surface area is 97.2 Å². The van der Waals surface area contributed by atoms with Crippen LogP contribution in [0.5, 0.6) is 0 Å². The van der Waals surface area contributed by atoms with E-state index in [-0.39, 0.29) is 17.4 Å². The molecule has 0 aromatic carbocycles. The summed E-state index contributed by atoms with van der Waals surface area (Å²) in [6.07, 6.45) is 7.66. The fourth-order valence-corrected chi connectivity index (χ4v) is 2.56. The van der Waals surface area contributed by atoms with Gasteiger partial charge in [-0.15, -0.1) is 0 Å². The highest BCUT2D eigenvalue weighted by atomic mass is 16.2. The minimum absolute atomic E-state index is 0.102. The van der Waals surface area contributed by atoms with Crippen LogP contribution in [0.15, 0.2) is 0 Å². The van der Waals surface area contributed by atoms with Crippen molar-refractivity contribution >= 4 is 5.91 Å². The summed E-state index contributed by atoms with van der Waals surface area (Å²) in [5, 5.41) is 11.9. The molecule has 0 spiro atoms. The lowest BCUT2D eigenvalue weighted by molar-refractivity contribution is -0.132. The maximum Gasteiger partial charge on any atom is 0.226 e. The minimum atomic E-state index is -0.244. The first-order valence-corrected chi connectivity index (χ1v) is 6.36. The minimum Gasteiger partial charge on any atom is -0.340 e. The number of nitriles is 1. The van der Waals surface area contributed by atoms with Gasteiger partial charge in [-0.2, -0.15) is 5.26 Å². The second-order valence-electron chi connectivity index (χ2n) is 5.54. The lowest BCUT2D eigenvalue weighted by atomic mass is 9.75. The molecule has 0 bridgehead atoms. The van der Waals surface area contributed by atoms with Crippen LogP contribution in [0.2, 0.25) is 0 Å². The van der Waals surface area contributed by atoms with Crippen LogP contribution in [0, 0.1) is 22.7 Å². The Kier molecular flexibility index (Phi) is 3.18. The Morgan fingerprint density at radius 1 is 1.38 bits per heavy atom. The third kappa shape index (κ3) is 2.37. The van der Waals surface area contributed by atoms with Crippen molar-refractivity contribution in [2.45, 2.75) is 57.9 Å². The predicted molar refractivity (Wildman–Crippen MR) is 61.5 cm³/mol. The monoisotopic (exact) mass is 220 g/mol. The molecule has 0 aromatic heterocycles. The maximum atomic E-state index is 12.2. The summed E-state index contributed by atoms with van der Waals surface area (Å²) in [5.74, 6) is 0.520. The van der Waals surface area contributed by atoms with E-state index >= 15 is 0 Å². The van der Waals surface area contributed by atoms with E-state index in [0.29, 0.717) is 5.92 Å². The molecule has 2 fully saturated rings. The predicted octanol–water partition coefficient (Wildman–Crippen LogP) is 2.38. The van der Waals surface area contributed by atoms with Crippen molar-refractivity contribution in [3.05, 3.63) is 0 Å². The van der Waals surface area contributed by atoms with Crippen molar-refractivity contribution in [2.75, 3.05) is 0 Å². The molecule has 0 radical (unpaired) electrons. The van der Waals surface area contributed by atoms with Crippen LogP contribution in [0.25, 0.3) is 0 Å². The number of nitrogens with zero attached hydrogens (tertiary/aromatic N) is 1. The summed E-state index contributed by atoms with van der Waals surface area (Å²) in [5.41, 5.74) is -0.220. The zero-order chi connectivity index (χ0) is 11.6. The van der Waals surface area contributed by atoms with Gasteiger partial charge in [0.25, 0.3) is 0 Å². The van der Waals surface area contributed by atoms with Crippen LogP contribution >= 0.6 is 0 Å². The fraction of sp³-hybridized carbons (Fsp3) is 0.846. The SMILES string of the molecule is CC1(C(=O)NC(C#N)C2CC2)CCCCC1. The van der Waals surface area contributed by atoms with Crippen LogP contribution in [-0.2, 0) is 4.79 Å². The van der Waals surface area contributed by atoms with Crippen LogP contribution in [0.4, 0.5) is 0 Å². The molecule has 0 aliphatic heterocycles. The Hall–Kier alpha value is -1.04. The molecule has 2 rings (SSSR count). The Balaban J connectivity index is 1.93. The van der Waals surface area contributed by atoms with Gasteiger partial charge in [0.15, 0.2) is 0 Å². The standard InChI is InChI=1S/C13H20N2O/c1-13(7-3-2-4-8-13)12(16)15-11(9-14)10-5-6-10/h10-11H,2-8H2,1H3,(H,15,16). The third-order valence-electron chi connectivity index (χ3n) is 4.02. The highest BCUT2D eigenvalue weighted by Gasteiger charge is 2.38. The van der Waals surface area contributed by atoms with Crippen LogP contribution in [0.3, 0.4) is 0 Å². The number of rotatable bonds is 3. The van der Waals surface area contributed by atoms with Crippen LogP contribution < -0.4 is 5.32 Å². The second-order valence-corrected chi connectivity index (χ2v) is 5.54. The third-order valence-corrected chi connectivity index (χ3v) is 4.02. The molecular formula is C13H20N2O. The number of hydrogen-bond donors (Lipinski definition) is 1. The van der Waals surface area contributed by atoms with Crippen LogP contribution in [0.1, 0.15) is 51.9 Å². The van der Waals surface area contributed by atoms with Gasteiger partial charge in [-0.05, 0) is 31.6 Å². The lowest BCUT2D eigenvalue weighted by Crippen LogP contribution is -2.45. The molecule has 0 aromatic rings. The summed E-state index contributed by atoms with van der Waals surface area (Å²) in [6, 6.07) is 1.98. The largest absolute Gasteiger partial charge is 0.340 e. The summed E-state index contributed by atoms with van der Waals surface area (Å²) < 4.78 is 0. The smallest absolute Gasteiger partial charge is 0.226 e. The number of hydrogen-bond acceptors (Lipinski definition) is 2. The molecule has 3 nitrogen and oxygen atoms in total. The van der Waals surface area contributed by atoms with E-state index in [1.165, 1.54) is 6.42 Å².